The molecule has 0 unspecified atom stereocenters. The van der Waals surface area contributed by atoms with E-state index in [1.807, 2.05) is 30.3 Å². The van der Waals surface area contributed by atoms with E-state index in [1.54, 1.807) is 0 Å². The summed E-state index contributed by atoms with van der Waals surface area (Å²) < 4.78 is 0. The fourth-order valence-electron chi connectivity index (χ4n) is 6.12. The van der Waals surface area contributed by atoms with Crippen molar-refractivity contribution in [1.82, 2.24) is 4.90 Å². The van der Waals surface area contributed by atoms with Gasteiger partial charge in [0.25, 0.3) is 11.8 Å². The van der Waals surface area contributed by atoms with Crippen LogP contribution in [0.5, 0.6) is 0 Å². The third kappa shape index (κ3) is 10.7. The molecule has 0 spiro atoms. The lowest BCUT2D eigenvalue weighted by Gasteiger charge is -2.28. The number of benzene rings is 2. The first kappa shape index (κ1) is 33.6. The number of carboxylic acids is 1. The Hall–Kier alpha value is -2.89. The molecule has 0 bridgehead atoms. The molecule has 2 aromatic rings. The summed E-state index contributed by atoms with van der Waals surface area (Å²) in [6.45, 7) is 3.55. The van der Waals surface area contributed by atoms with Gasteiger partial charge < -0.3 is 10.4 Å². The Morgan fingerprint density at radius 3 is 1.79 bits per heavy atom. The van der Waals surface area contributed by atoms with E-state index >= 15 is 0 Å². The molecule has 42 heavy (non-hydrogen) atoms. The Labute approximate surface area is 253 Å². The maximum Gasteiger partial charge on any atom is 0.303 e. The molecule has 6 nitrogen and oxygen atoms in total. The largest absolute Gasteiger partial charge is 0.481 e. The van der Waals surface area contributed by atoms with Gasteiger partial charge in [0, 0.05) is 47.1 Å². The van der Waals surface area contributed by atoms with E-state index in [9.17, 15) is 14.4 Å². The lowest BCUT2D eigenvalue weighted by Crippen LogP contribution is -2.40. The lowest BCUT2D eigenvalue weighted by atomic mass is 9.92. The molecular formula is C36H54N2O4. The summed E-state index contributed by atoms with van der Waals surface area (Å²) in [6.07, 6.45) is 23.0. The van der Waals surface area contributed by atoms with Gasteiger partial charge in [0.1, 0.15) is 0 Å². The molecule has 3 rings (SSSR count). The molecule has 2 amide bonds. The Balaban J connectivity index is 1.36. The summed E-state index contributed by atoms with van der Waals surface area (Å²) in [6, 6.07) is 9.60. The predicted molar refractivity (Wildman–Crippen MR) is 173 cm³/mol. The van der Waals surface area contributed by atoms with Crippen LogP contribution in [0.1, 0.15) is 156 Å². The average Bonchev–Trinajstić information content (AvgIpc) is 2.99. The van der Waals surface area contributed by atoms with Gasteiger partial charge >= 0.3 is 5.97 Å². The second kappa shape index (κ2) is 19.3. The van der Waals surface area contributed by atoms with Crippen LogP contribution in [0.4, 0.5) is 5.69 Å². The minimum Gasteiger partial charge on any atom is -0.481 e. The summed E-state index contributed by atoms with van der Waals surface area (Å²) in [5.41, 5.74) is 2.19. The fourth-order valence-corrected chi connectivity index (χ4v) is 6.12. The molecule has 0 aromatic heterocycles. The van der Waals surface area contributed by atoms with Gasteiger partial charge in [0.2, 0.25) is 0 Å². The molecule has 1 aliphatic heterocycles. The van der Waals surface area contributed by atoms with Gasteiger partial charge in [-0.05, 0) is 37.5 Å². The maximum atomic E-state index is 13.3. The Morgan fingerprint density at radius 2 is 1.19 bits per heavy atom. The monoisotopic (exact) mass is 578 g/mol. The van der Waals surface area contributed by atoms with Crippen molar-refractivity contribution in [3.8, 4) is 0 Å². The van der Waals surface area contributed by atoms with E-state index in [0.29, 0.717) is 24.1 Å². The number of hydrogen-bond donors (Lipinski definition) is 2. The summed E-state index contributed by atoms with van der Waals surface area (Å²) in [5, 5.41) is 14.0. The van der Waals surface area contributed by atoms with Gasteiger partial charge in [0.05, 0.1) is 0 Å². The fraction of sp³-hybridized carbons (Fsp3) is 0.639. The summed E-state index contributed by atoms with van der Waals surface area (Å²) in [4.78, 5) is 38.6. The molecule has 0 atom stereocenters. The van der Waals surface area contributed by atoms with Crippen molar-refractivity contribution < 1.29 is 19.5 Å². The highest BCUT2D eigenvalue weighted by Crippen LogP contribution is 2.34. The molecular weight excluding hydrogens is 524 g/mol. The van der Waals surface area contributed by atoms with E-state index in [0.717, 1.165) is 55.1 Å². The van der Waals surface area contributed by atoms with E-state index in [2.05, 4.69) is 12.2 Å². The zero-order valence-corrected chi connectivity index (χ0v) is 26.1. The minimum absolute atomic E-state index is 0.195. The van der Waals surface area contributed by atoms with Crippen molar-refractivity contribution in [1.29, 1.82) is 0 Å². The zero-order valence-electron chi connectivity index (χ0n) is 26.1. The van der Waals surface area contributed by atoms with Crippen molar-refractivity contribution in [3.63, 3.8) is 0 Å². The zero-order chi connectivity index (χ0) is 30.0. The van der Waals surface area contributed by atoms with Crippen molar-refractivity contribution >= 4 is 34.2 Å². The number of aliphatic carboxylic acids is 1. The number of hydrogen-bond acceptors (Lipinski definition) is 4. The number of nitrogens with one attached hydrogen (secondary N) is 1. The van der Waals surface area contributed by atoms with Crippen LogP contribution in [0.15, 0.2) is 30.3 Å². The molecule has 1 aliphatic rings. The van der Waals surface area contributed by atoms with Gasteiger partial charge in [-0.2, -0.15) is 0 Å². The highest BCUT2D eigenvalue weighted by molar-refractivity contribution is 6.26. The summed E-state index contributed by atoms with van der Waals surface area (Å²) >= 11 is 0. The Kier molecular flexibility index (Phi) is 15.5. The van der Waals surface area contributed by atoms with Crippen LogP contribution in [-0.4, -0.2) is 40.9 Å². The number of anilines is 1. The molecule has 232 valence electrons. The van der Waals surface area contributed by atoms with Gasteiger partial charge in [0.15, 0.2) is 0 Å². The number of nitrogens with zero attached hydrogens (tertiary/aromatic N) is 1. The molecule has 2 N–H and O–H groups in total. The van der Waals surface area contributed by atoms with E-state index < -0.39 is 5.97 Å². The molecule has 1 heterocycles. The molecule has 0 fully saturated rings. The van der Waals surface area contributed by atoms with Gasteiger partial charge in [-0.1, -0.05) is 122 Å². The van der Waals surface area contributed by atoms with Gasteiger partial charge in [-0.15, -0.1) is 0 Å². The van der Waals surface area contributed by atoms with Crippen LogP contribution in [0.25, 0.3) is 10.8 Å². The van der Waals surface area contributed by atoms with E-state index in [-0.39, 0.29) is 18.2 Å². The number of rotatable bonds is 24. The third-order valence-corrected chi connectivity index (χ3v) is 8.61. The standard InChI is InChI=1S/C36H54N2O4/c1-2-3-4-5-6-7-8-9-10-11-12-13-16-19-27-37-32-26-25-31-34-29(32)22-21-23-30(34)35(41)38(36(31)42)28-20-17-14-15-18-24-33(39)40/h21-23,25-26,37H,2-20,24,27-28H2,1H3,(H,39,40). The number of carbonyl (C=O) groups excluding carboxylic acids is 2. The number of amides is 2. The number of unbranched alkanes of at least 4 members (excludes halogenated alkanes) is 17. The van der Waals surface area contributed by atoms with Crippen LogP contribution in [0.2, 0.25) is 0 Å². The van der Waals surface area contributed by atoms with E-state index in [4.69, 9.17) is 5.11 Å². The van der Waals surface area contributed by atoms with Crippen molar-refractivity contribution in [2.45, 2.75) is 135 Å². The third-order valence-electron chi connectivity index (χ3n) is 8.61. The van der Waals surface area contributed by atoms with Crippen molar-refractivity contribution in [2.24, 2.45) is 0 Å². The SMILES string of the molecule is CCCCCCCCCCCCCCCCNc1ccc2c3c(cccc13)C(=O)N(CCCCCCCC(=O)O)C2=O. The smallest absolute Gasteiger partial charge is 0.303 e. The van der Waals surface area contributed by atoms with Crippen LogP contribution < -0.4 is 5.32 Å². The second-order valence-electron chi connectivity index (χ2n) is 12.1. The Morgan fingerprint density at radius 1 is 0.667 bits per heavy atom. The topological polar surface area (TPSA) is 86.7 Å². The van der Waals surface area contributed by atoms with Gasteiger partial charge in [-0.25, -0.2) is 0 Å². The quantitative estimate of drug-likeness (QED) is 0.0956. The predicted octanol–water partition coefficient (Wildman–Crippen LogP) is 9.75. The molecule has 0 saturated carbocycles. The molecule has 0 radical (unpaired) electrons. The van der Waals surface area contributed by atoms with Crippen molar-refractivity contribution in [2.75, 3.05) is 18.4 Å². The first-order chi connectivity index (χ1) is 20.5. The van der Waals surface area contributed by atoms with Gasteiger partial charge in [-0.3, -0.25) is 19.3 Å². The van der Waals surface area contributed by atoms with Crippen LogP contribution in [0.3, 0.4) is 0 Å². The molecule has 0 aliphatic carbocycles. The molecule has 0 saturated heterocycles. The maximum absolute atomic E-state index is 13.3. The van der Waals surface area contributed by atoms with Crippen molar-refractivity contribution in [3.05, 3.63) is 41.5 Å². The lowest BCUT2D eigenvalue weighted by molar-refractivity contribution is -0.137. The summed E-state index contributed by atoms with van der Waals surface area (Å²) in [7, 11) is 0. The highest BCUT2D eigenvalue weighted by atomic mass is 16.4. The first-order valence-electron chi connectivity index (χ1n) is 16.9. The average molecular weight is 579 g/mol. The minimum atomic E-state index is -0.763. The van der Waals surface area contributed by atoms with Crippen LogP contribution >= 0.6 is 0 Å². The normalized spacial score (nSPS) is 12.8. The summed E-state index contributed by atoms with van der Waals surface area (Å²) in [5.74, 6) is -1.19. The first-order valence-corrected chi connectivity index (χ1v) is 16.9. The molecule has 6 heteroatoms. The number of imide groups is 1. The molecule has 2 aromatic carbocycles. The number of carboxylic acid groups (broad SMARTS) is 1. The Bertz CT molecular complexity index is 1110. The second-order valence-corrected chi connectivity index (χ2v) is 12.1. The highest BCUT2D eigenvalue weighted by Gasteiger charge is 2.32. The number of carbonyl (C=O) groups is 3. The van der Waals surface area contributed by atoms with Crippen LogP contribution in [-0.2, 0) is 4.79 Å². The van der Waals surface area contributed by atoms with Crippen LogP contribution in [0, 0.1) is 0 Å². The van der Waals surface area contributed by atoms with E-state index in [1.165, 1.54) is 88.4 Å².